The van der Waals surface area contributed by atoms with Gasteiger partial charge >= 0.3 is 0 Å². The van der Waals surface area contributed by atoms with Crippen molar-refractivity contribution in [3.63, 3.8) is 0 Å². The van der Waals surface area contributed by atoms with Crippen molar-refractivity contribution in [2.24, 2.45) is 0 Å². The third-order valence-corrected chi connectivity index (χ3v) is 2.64. The summed E-state index contributed by atoms with van der Waals surface area (Å²) in [6.45, 7) is 2.71. The van der Waals surface area contributed by atoms with Gasteiger partial charge in [0.15, 0.2) is 0 Å². The van der Waals surface area contributed by atoms with E-state index >= 15 is 0 Å². The third kappa shape index (κ3) is 2.09. The Morgan fingerprint density at radius 3 is 3.06 bits per heavy atom. The lowest BCUT2D eigenvalue weighted by Gasteiger charge is -2.09. The van der Waals surface area contributed by atoms with E-state index in [2.05, 4.69) is 26.2 Å². The van der Waals surface area contributed by atoms with Gasteiger partial charge < -0.3 is 5.32 Å². The molecule has 0 saturated carbocycles. The molecule has 1 aromatic heterocycles. The van der Waals surface area contributed by atoms with E-state index in [0.717, 1.165) is 11.0 Å². The van der Waals surface area contributed by atoms with E-state index in [4.69, 9.17) is 0 Å². The highest BCUT2D eigenvalue weighted by Gasteiger charge is 2.09. The fourth-order valence-electron chi connectivity index (χ4n) is 1.46. The quantitative estimate of drug-likeness (QED) is 0.938. The molecule has 1 aromatic carbocycles. The normalized spacial score (nSPS) is 10.4. The number of nitrogens with zero attached hydrogens (tertiary/aromatic N) is 2. The minimum Gasteiger partial charge on any atom is -0.356 e. The molecule has 84 valence electrons. The Kier molecular flexibility index (Phi) is 3.24. The molecule has 0 spiro atoms. The molecule has 0 atom stereocenters. The number of rotatable bonds is 3. The molecule has 0 aliphatic rings. The first-order valence-corrected chi connectivity index (χ1v) is 5.74. The van der Waals surface area contributed by atoms with Gasteiger partial charge in [0, 0.05) is 23.4 Å². The number of halogens is 2. The van der Waals surface area contributed by atoms with Crippen LogP contribution in [0.4, 0.5) is 10.3 Å². The van der Waals surface area contributed by atoms with E-state index in [-0.39, 0.29) is 5.82 Å². The van der Waals surface area contributed by atoms with E-state index in [1.54, 1.807) is 29.1 Å². The number of nitrogens with one attached hydrogen (secondary N) is 1. The van der Waals surface area contributed by atoms with Crippen LogP contribution in [0.5, 0.6) is 0 Å². The molecule has 0 unspecified atom stereocenters. The van der Waals surface area contributed by atoms with Gasteiger partial charge in [0.25, 0.3) is 0 Å². The minimum atomic E-state index is -0.277. The lowest BCUT2D eigenvalue weighted by atomic mass is 10.3. The molecule has 0 amide bonds. The highest BCUT2D eigenvalue weighted by atomic mass is 79.9. The van der Waals surface area contributed by atoms with Crippen LogP contribution >= 0.6 is 15.9 Å². The molecule has 0 saturated heterocycles. The second-order valence-corrected chi connectivity index (χ2v) is 4.16. The van der Waals surface area contributed by atoms with Gasteiger partial charge in [0.2, 0.25) is 5.95 Å². The van der Waals surface area contributed by atoms with Gasteiger partial charge in [0.05, 0.1) is 5.69 Å². The molecule has 0 bridgehead atoms. The van der Waals surface area contributed by atoms with Crippen molar-refractivity contribution in [2.75, 3.05) is 11.9 Å². The van der Waals surface area contributed by atoms with Crippen LogP contribution in [0.1, 0.15) is 6.92 Å². The maximum absolute atomic E-state index is 13.7. The number of anilines is 1. The van der Waals surface area contributed by atoms with Gasteiger partial charge in [0.1, 0.15) is 5.82 Å². The number of imidazole rings is 1. The summed E-state index contributed by atoms with van der Waals surface area (Å²) < 4.78 is 16.2. The molecule has 16 heavy (non-hydrogen) atoms. The lowest BCUT2D eigenvalue weighted by Crippen LogP contribution is -2.06. The lowest BCUT2D eigenvalue weighted by molar-refractivity contribution is 0.618. The van der Waals surface area contributed by atoms with Gasteiger partial charge in [-0.25, -0.2) is 9.37 Å². The van der Waals surface area contributed by atoms with Crippen molar-refractivity contribution in [3.05, 3.63) is 40.9 Å². The molecule has 0 fully saturated rings. The van der Waals surface area contributed by atoms with Crippen molar-refractivity contribution < 1.29 is 4.39 Å². The number of aromatic nitrogens is 2. The Morgan fingerprint density at radius 2 is 2.31 bits per heavy atom. The molecule has 0 aliphatic carbocycles. The van der Waals surface area contributed by atoms with E-state index in [1.165, 1.54) is 6.07 Å². The highest BCUT2D eigenvalue weighted by Crippen LogP contribution is 2.21. The van der Waals surface area contributed by atoms with Crippen LogP contribution in [-0.4, -0.2) is 16.1 Å². The molecule has 0 aliphatic heterocycles. The van der Waals surface area contributed by atoms with E-state index in [1.807, 2.05) is 6.92 Å². The van der Waals surface area contributed by atoms with Gasteiger partial charge in [-0.05, 0) is 25.1 Å². The first-order chi connectivity index (χ1) is 7.72. The first-order valence-electron chi connectivity index (χ1n) is 4.95. The van der Waals surface area contributed by atoms with Crippen LogP contribution in [0.25, 0.3) is 5.69 Å². The maximum Gasteiger partial charge on any atom is 0.207 e. The zero-order valence-electron chi connectivity index (χ0n) is 8.74. The molecular formula is C11H11BrFN3. The Bertz CT molecular complexity index is 496. The Labute approximate surface area is 101 Å². The minimum absolute atomic E-state index is 0.277. The summed E-state index contributed by atoms with van der Waals surface area (Å²) >= 11 is 3.32. The van der Waals surface area contributed by atoms with Crippen molar-refractivity contribution in [3.8, 4) is 5.69 Å². The molecule has 3 nitrogen and oxygen atoms in total. The number of hydrogen-bond donors (Lipinski definition) is 1. The first kappa shape index (κ1) is 11.1. The molecular weight excluding hydrogens is 273 g/mol. The molecule has 2 aromatic rings. The second-order valence-electron chi connectivity index (χ2n) is 3.25. The zero-order valence-corrected chi connectivity index (χ0v) is 10.3. The predicted octanol–water partition coefficient (Wildman–Crippen LogP) is 3.21. The van der Waals surface area contributed by atoms with E-state index in [0.29, 0.717) is 11.6 Å². The van der Waals surface area contributed by atoms with Crippen molar-refractivity contribution in [2.45, 2.75) is 6.92 Å². The van der Waals surface area contributed by atoms with Crippen molar-refractivity contribution in [1.82, 2.24) is 9.55 Å². The van der Waals surface area contributed by atoms with Crippen LogP contribution in [0.15, 0.2) is 35.1 Å². The molecule has 1 heterocycles. The van der Waals surface area contributed by atoms with Gasteiger partial charge in [-0.15, -0.1) is 0 Å². The molecule has 2 rings (SSSR count). The van der Waals surface area contributed by atoms with Crippen LogP contribution in [0.3, 0.4) is 0 Å². The maximum atomic E-state index is 13.7. The largest absolute Gasteiger partial charge is 0.356 e. The molecule has 0 radical (unpaired) electrons. The van der Waals surface area contributed by atoms with Gasteiger partial charge in [-0.2, -0.15) is 0 Å². The average Bonchev–Trinajstić information content (AvgIpc) is 2.70. The Hall–Kier alpha value is -1.36. The standard InChI is InChI=1S/C11H11BrFN3/c1-2-14-11-15-5-6-16(11)10-7-8(12)3-4-9(10)13/h3-7H,2H2,1H3,(H,14,15). The second kappa shape index (κ2) is 4.65. The smallest absolute Gasteiger partial charge is 0.207 e. The van der Waals surface area contributed by atoms with Crippen LogP contribution in [0.2, 0.25) is 0 Å². The predicted molar refractivity (Wildman–Crippen MR) is 65.4 cm³/mol. The number of benzene rings is 1. The highest BCUT2D eigenvalue weighted by molar-refractivity contribution is 9.10. The summed E-state index contributed by atoms with van der Waals surface area (Å²) in [5.74, 6) is 0.361. The average molecular weight is 284 g/mol. The summed E-state index contributed by atoms with van der Waals surface area (Å²) in [5, 5.41) is 3.07. The van der Waals surface area contributed by atoms with Gasteiger partial charge in [-0.3, -0.25) is 4.57 Å². The Morgan fingerprint density at radius 1 is 1.50 bits per heavy atom. The summed E-state index contributed by atoms with van der Waals surface area (Å²) in [6.07, 6.45) is 3.36. The summed E-state index contributed by atoms with van der Waals surface area (Å²) in [6, 6.07) is 4.82. The van der Waals surface area contributed by atoms with E-state index in [9.17, 15) is 4.39 Å². The monoisotopic (exact) mass is 283 g/mol. The van der Waals surface area contributed by atoms with Crippen LogP contribution in [-0.2, 0) is 0 Å². The summed E-state index contributed by atoms with van der Waals surface area (Å²) in [7, 11) is 0. The van der Waals surface area contributed by atoms with Crippen molar-refractivity contribution in [1.29, 1.82) is 0 Å². The van der Waals surface area contributed by atoms with E-state index < -0.39 is 0 Å². The summed E-state index contributed by atoms with van der Waals surface area (Å²) in [5.41, 5.74) is 0.475. The molecule has 5 heteroatoms. The fraction of sp³-hybridized carbons (Fsp3) is 0.182. The topological polar surface area (TPSA) is 29.9 Å². The third-order valence-electron chi connectivity index (χ3n) is 2.14. The fourth-order valence-corrected chi connectivity index (χ4v) is 1.81. The van der Waals surface area contributed by atoms with Gasteiger partial charge in [-0.1, -0.05) is 15.9 Å². The zero-order chi connectivity index (χ0) is 11.5. The van der Waals surface area contributed by atoms with Crippen molar-refractivity contribution >= 4 is 21.9 Å². The SMILES string of the molecule is CCNc1nccn1-c1cc(Br)ccc1F. The van der Waals surface area contributed by atoms with Crippen LogP contribution in [0, 0.1) is 5.82 Å². The summed E-state index contributed by atoms with van der Waals surface area (Å²) in [4.78, 5) is 4.12. The Balaban J connectivity index is 2.49. The number of hydrogen-bond acceptors (Lipinski definition) is 2. The molecule has 1 N–H and O–H groups in total. The van der Waals surface area contributed by atoms with Crippen LogP contribution < -0.4 is 5.32 Å².